The van der Waals surface area contributed by atoms with Gasteiger partial charge in [0.15, 0.2) is 0 Å². The fourth-order valence-corrected chi connectivity index (χ4v) is 3.39. The summed E-state index contributed by atoms with van der Waals surface area (Å²) in [5, 5.41) is 0.766. The lowest BCUT2D eigenvalue weighted by atomic mass is 10.0. The van der Waals surface area contributed by atoms with Crippen molar-refractivity contribution in [3.63, 3.8) is 0 Å². The molecule has 0 N–H and O–H groups in total. The summed E-state index contributed by atoms with van der Waals surface area (Å²) >= 11 is 0. The lowest BCUT2D eigenvalue weighted by molar-refractivity contribution is -0.146. The smallest absolute Gasteiger partial charge is 0.313 e. The first-order valence-electron chi connectivity index (χ1n) is 7.12. The minimum absolute atomic E-state index is 0.189. The quantitative estimate of drug-likeness (QED) is 0.365. The highest BCUT2D eigenvalue weighted by Gasteiger charge is 2.32. The average molecular weight is 288 g/mol. The number of carbonyl (C=O) groups is 1. The van der Waals surface area contributed by atoms with E-state index in [2.05, 4.69) is 13.5 Å². The molecule has 0 spiro atoms. The number of hydrogen-bond donors (Lipinski definition) is 0. The van der Waals surface area contributed by atoms with Crippen LogP contribution < -0.4 is 0 Å². The zero-order valence-electron chi connectivity index (χ0n) is 12.0. The topological polar surface area (TPSA) is 44.8 Å². The molecule has 0 aromatic carbocycles. The van der Waals surface area contributed by atoms with Crippen molar-refractivity contribution < 1.29 is 18.6 Å². The minimum Gasteiger partial charge on any atom is -0.466 e. The highest BCUT2D eigenvalue weighted by Crippen LogP contribution is 2.53. The van der Waals surface area contributed by atoms with Crippen LogP contribution in [0.3, 0.4) is 0 Å². The number of ether oxygens (including phenoxy) is 1. The molecule has 0 aliphatic carbocycles. The lowest BCUT2D eigenvalue weighted by Crippen LogP contribution is -2.19. The van der Waals surface area contributed by atoms with Crippen LogP contribution in [0.1, 0.15) is 46.0 Å². The van der Waals surface area contributed by atoms with Gasteiger partial charge in [-0.25, -0.2) is 0 Å². The van der Waals surface area contributed by atoms with Crippen LogP contribution in [0.4, 0.5) is 0 Å². The summed E-state index contributed by atoms with van der Waals surface area (Å²) < 4.78 is 16.1. The molecule has 0 bridgehead atoms. The van der Waals surface area contributed by atoms with Crippen LogP contribution in [0.5, 0.6) is 0 Å². The van der Waals surface area contributed by atoms with Gasteiger partial charge >= 0.3 is 5.97 Å². The van der Waals surface area contributed by atoms with Gasteiger partial charge in [0.05, 0.1) is 25.7 Å². The summed E-state index contributed by atoms with van der Waals surface area (Å²) in [5.41, 5.74) is 0. The molecule has 0 aromatic rings. The molecule has 1 aliphatic rings. The van der Waals surface area contributed by atoms with Gasteiger partial charge in [-0.15, -0.1) is 0 Å². The molecule has 0 amide bonds. The first kappa shape index (κ1) is 16.6. The normalized spacial score (nSPS) is 17.4. The molecule has 0 radical (unpaired) electrons. The van der Waals surface area contributed by atoms with Gasteiger partial charge in [-0.3, -0.25) is 4.79 Å². The van der Waals surface area contributed by atoms with E-state index in [4.69, 9.17) is 13.8 Å². The predicted molar refractivity (Wildman–Crippen MR) is 76.8 cm³/mol. The summed E-state index contributed by atoms with van der Waals surface area (Å²) in [6, 6.07) is 0. The Balaban J connectivity index is 2.51. The van der Waals surface area contributed by atoms with Gasteiger partial charge < -0.3 is 13.8 Å². The first-order valence-corrected chi connectivity index (χ1v) is 8.29. The van der Waals surface area contributed by atoms with Crippen molar-refractivity contribution in [2.24, 2.45) is 5.92 Å². The Hall–Kier alpha value is -0.440. The van der Waals surface area contributed by atoms with Crippen LogP contribution >= 0.6 is 8.38 Å². The summed E-state index contributed by atoms with van der Waals surface area (Å²) in [6.07, 6.45) is 5.32. The fourth-order valence-electron chi connectivity index (χ4n) is 2.01. The predicted octanol–water partition coefficient (Wildman–Crippen LogP) is 4.01. The SMILES string of the molecule is C=C(C(CCCCCC)C(=O)OCC)P1OCCO1. The van der Waals surface area contributed by atoms with E-state index in [1.165, 1.54) is 12.8 Å². The molecule has 1 saturated heterocycles. The van der Waals surface area contributed by atoms with Crippen molar-refractivity contribution in [1.29, 1.82) is 0 Å². The van der Waals surface area contributed by atoms with E-state index in [1.54, 1.807) is 0 Å². The number of esters is 1. The average Bonchev–Trinajstić information content (AvgIpc) is 2.92. The third-order valence-corrected chi connectivity index (χ3v) is 4.67. The van der Waals surface area contributed by atoms with Crippen LogP contribution in [-0.2, 0) is 18.6 Å². The molecule has 5 heteroatoms. The molecule has 0 aromatic heterocycles. The maximum absolute atomic E-state index is 12.0. The lowest BCUT2D eigenvalue weighted by Gasteiger charge is -2.20. The summed E-state index contributed by atoms with van der Waals surface area (Å²) in [6.45, 7) is 9.60. The van der Waals surface area contributed by atoms with Crippen LogP contribution in [0.25, 0.3) is 0 Å². The molecular formula is C14H25O4P. The Bertz CT molecular complexity index is 287. The van der Waals surface area contributed by atoms with Gasteiger partial charge in [-0.05, 0) is 13.3 Å². The Kier molecular flexibility index (Phi) is 8.27. The fraction of sp³-hybridized carbons (Fsp3) is 0.786. The second-order valence-electron chi connectivity index (χ2n) is 4.57. The summed E-state index contributed by atoms with van der Waals surface area (Å²) in [4.78, 5) is 12.0. The summed E-state index contributed by atoms with van der Waals surface area (Å²) in [5.74, 6) is -0.466. The highest BCUT2D eigenvalue weighted by atomic mass is 31.2. The maximum Gasteiger partial charge on any atom is 0.313 e. The molecular weight excluding hydrogens is 263 g/mol. The largest absolute Gasteiger partial charge is 0.466 e. The van der Waals surface area contributed by atoms with Crippen molar-refractivity contribution in [3.8, 4) is 0 Å². The van der Waals surface area contributed by atoms with Crippen LogP contribution in [-0.4, -0.2) is 25.8 Å². The van der Waals surface area contributed by atoms with Crippen LogP contribution in [0.2, 0.25) is 0 Å². The van der Waals surface area contributed by atoms with Gasteiger partial charge in [-0.2, -0.15) is 0 Å². The molecule has 4 nitrogen and oxygen atoms in total. The molecule has 110 valence electrons. The van der Waals surface area contributed by atoms with Gasteiger partial charge in [0.2, 0.25) is 8.38 Å². The van der Waals surface area contributed by atoms with E-state index in [0.717, 1.165) is 24.6 Å². The van der Waals surface area contributed by atoms with Crippen LogP contribution in [0.15, 0.2) is 11.9 Å². The molecule has 0 saturated carbocycles. The number of unbranched alkanes of at least 4 members (excludes halogenated alkanes) is 3. The Morgan fingerprint density at radius 1 is 1.26 bits per heavy atom. The van der Waals surface area contributed by atoms with E-state index in [0.29, 0.717) is 19.8 Å². The van der Waals surface area contributed by atoms with Crippen molar-refractivity contribution in [1.82, 2.24) is 0 Å². The monoisotopic (exact) mass is 288 g/mol. The van der Waals surface area contributed by atoms with Gasteiger partial charge in [0, 0.05) is 5.31 Å². The second-order valence-corrected chi connectivity index (χ2v) is 6.17. The zero-order chi connectivity index (χ0) is 14.1. The van der Waals surface area contributed by atoms with Crippen molar-refractivity contribution in [2.75, 3.05) is 19.8 Å². The molecule has 1 unspecified atom stereocenters. The van der Waals surface area contributed by atoms with Gasteiger partial charge in [-0.1, -0.05) is 39.2 Å². The minimum atomic E-state index is -1.11. The van der Waals surface area contributed by atoms with Crippen molar-refractivity contribution in [3.05, 3.63) is 11.9 Å². The second kappa shape index (κ2) is 9.46. The molecule has 19 heavy (non-hydrogen) atoms. The third kappa shape index (κ3) is 5.60. The van der Waals surface area contributed by atoms with Gasteiger partial charge in [0.1, 0.15) is 0 Å². The van der Waals surface area contributed by atoms with Crippen molar-refractivity contribution in [2.45, 2.75) is 46.0 Å². The number of carbonyl (C=O) groups excluding carboxylic acids is 1. The third-order valence-electron chi connectivity index (χ3n) is 3.05. The highest BCUT2D eigenvalue weighted by molar-refractivity contribution is 7.52. The Morgan fingerprint density at radius 2 is 1.95 bits per heavy atom. The van der Waals surface area contributed by atoms with Gasteiger partial charge in [0.25, 0.3) is 0 Å². The Morgan fingerprint density at radius 3 is 2.53 bits per heavy atom. The standard InChI is InChI=1S/C14H25O4P/c1-4-6-7-8-9-13(14(15)16-5-2)12(3)19-17-10-11-18-19/h13H,3-11H2,1-2H3. The number of rotatable bonds is 9. The van der Waals surface area contributed by atoms with E-state index < -0.39 is 8.38 Å². The van der Waals surface area contributed by atoms with Crippen LogP contribution in [0, 0.1) is 5.92 Å². The van der Waals surface area contributed by atoms with E-state index in [-0.39, 0.29) is 11.9 Å². The summed E-state index contributed by atoms with van der Waals surface area (Å²) in [7, 11) is -1.11. The number of hydrogen-bond acceptors (Lipinski definition) is 4. The van der Waals surface area contributed by atoms with E-state index >= 15 is 0 Å². The molecule has 1 rings (SSSR count). The molecule has 1 atom stereocenters. The van der Waals surface area contributed by atoms with E-state index in [1.807, 2.05) is 6.92 Å². The Labute approximate surface area is 117 Å². The maximum atomic E-state index is 12.0. The van der Waals surface area contributed by atoms with E-state index in [9.17, 15) is 4.79 Å². The molecule has 1 fully saturated rings. The zero-order valence-corrected chi connectivity index (χ0v) is 12.9. The molecule has 1 aliphatic heterocycles. The molecule has 1 heterocycles. The first-order chi connectivity index (χ1) is 9.20. The van der Waals surface area contributed by atoms with Crippen molar-refractivity contribution >= 4 is 14.3 Å².